The van der Waals surface area contributed by atoms with E-state index in [9.17, 15) is 8.42 Å². The van der Waals surface area contributed by atoms with Crippen molar-refractivity contribution < 1.29 is 8.42 Å². The van der Waals surface area contributed by atoms with E-state index in [1.165, 1.54) is 10.5 Å². The molecule has 1 heterocycles. The molecule has 1 rings (SSSR count). The number of unbranched alkanes of at least 4 members (excludes halogenated alkanes) is 1. The van der Waals surface area contributed by atoms with Crippen molar-refractivity contribution >= 4 is 15.7 Å². The molecule has 17 heavy (non-hydrogen) atoms. The molecule has 0 radical (unpaired) electrons. The summed E-state index contributed by atoms with van der Waals surface area (Å²) in [4.78, 5) is 4.10. The highest BCUT2D eigenvalue weighted by Crippen LogP contribution is 2.22. The van der Waals surface area contributed by atoms with Crippen LogP contribution in [0.25, 0.3) is 0 Å². The standard InChI is InChI=1S/C11H19N3O2S/c1-4-5-8-14(3)17(15,16)11-9-13-7-6-10(11)12-2/h6-7,9H,4-5,8H2,1-3H3,(H,12,13). The van der Waals surface area contributed by atoms with Crippen LogP contribution in [-0.2, 0) is 10.0 Å². The molecule has 0 fully saturated rings. The molecule has 0 atom stereocenters. The van der Waals surface area contributed by atoms with Gasteiger partial charge >= 0.3 is 0 Å². The molecule has 1 aromatic rings. The summed E-state index contributed by atoms with van der Waals surface area (Å²) in [5.74, 6) is 0. The first kappa shape index (κ1) is 13.9. The first-order chi connectivity index (χ1) is 8.04. The summed E-state index contributed by atoms with van der Waals surface area (Å²) in [5, 5.41) is 2.87. The second kappa shape index (κ2) is 5.97. The van der Waals surface area contributed by atoms with Crippen molar-refractivity contribution in [1.82, 2.24) is 9.29 Å². The Kier molecular flexibility index (Phi) is 4.89. The summed E-state index contributed by atoms with van der Waals surface area (Å²) >= 11 is 0. The molecule has 1 aromatic heterocycles. The van der Waals surface area contributed by atoms with Gasteiger partial charge in [-0.3, -0.25) is 4.98 Å². The SMILES string of the molecule is CCCCN(C)S(=O)(=O)c1cnccc1NC. The molecule has 0 saturated carbocycles. The van der Waals surface area contributed by atoms with Crippen molar-refractivity contribution in [2.24, 2.45) is 0 Å². The maximum absolute atomic E-state index is 12.3. The first-order valence-corrected chi connectivity index (χ1v) is 7.06. The fraction of sp³-hybridized carbons (Fsp3) is 0.545. The normalized spacial score (nSPS) is 11.8. The Morgan fingerprint density at radius 3 is 2.76 bits per heavy atom. The minimum absolute atomic E-state index is 0.223. The smallest absolute Gasteiger partial charge is 0.246 e. The predicted octanol–water partition coefficient (Wildman–Crippen LogP) is 1.54. The van der Waals surface area contributed by atoms with Gasteiger partial charge in [-0.2, -0.15) is 0 Å². The van der Waals surface area contributed by atoms with Crippen LogP contribution in [0.3, 0.4) is 0 Å². The second-order valence-electron chi connectivity index (χ2n) is 3.80. The number of hydrogen-bond donors (Lipinski definition) is 1. The van der Waals surface area contributed by atoms with E-state index in [1.54, 1.807) is 26.4 Å². The third-order valence-electron chi connectivity index (χ3n) is 2.57. The molecule has 0 amide bonds. The van der Waals surface area contributed by atoms with Crippen molar-refractivity contribution in [3.05, 3.63) is 18.5 Å². The number of sulfonamides is 1. The Morgan fingerprint density at radius 1 is 1.47 bits per heavy atom. The van der Waals surface area contributed by atoms with Gasteiger partial charge in [0.05, 0.1) is 5.69 Å². The van der Waals surface area contributed by atoms with Crippen LogP contribution in [0.5, 0.6) is 0 Å². The van der Waals surface area contributed by atoms with E-state index in [1.807, 2.05) is 6.92 Å². The molecular formula is C11H19N3O2S. The largest absolute Gasteiger partial charge is 0.387 e. The van der Waals surface area contributed by atoms with Crippen molar-refractivity contribution in [2.75, 3.05) is 26.0 Å². The third kappa shape index (κ3) is 3.17. The number of pyridine rings is 1. The van der Waals surface area contributed by atoms with E-state index in [0.29, 0.717) is 12.2 Å². The van der Waals surface area contributed by atoms with Gasteiger partial charge in [0.15, 0.2) is 0 Å². The van der Waals surface area contributed by atoms with Gasteiger partial charge < -0.3 is 5.32 Å². The van der Waals surface area contributed by atoms with Crippen molar-refractivity contribution in [1.29, 1.82) is 0 Å². The molecule has 5 nitrogen and oxygen atoms in total. The average molecular weight is 257 g/mol. The highest BCUT2D eigenvalue weighted by Gasteiger charge is 2.23. The van der Waals surface area contributed by atoms with Crippen LogP contribution in [-0.4, -0.2) is 38.3 Å². The van der Waals surface area contributed by atoms with Gasteiger partial charge in [0.2, 0.25) is 10.0 Å². The molecule has 96 valence electrons. The van der Waals surface area contributed by atoms with Crippen LogP contribution in [0.15, 0.2) is 23.4 Å². The van der Waals surface area contributed by atoms with E-state index in [2.05, 4.69) is 10.3 Å². The Bertz CT molecular complexity index is 460. The topological polar surface area (TPSA) is 62.3 Å². The molecular weight excluding hydrogens is 238 g/mol. The predicted molar refractivity (Wildman–Crippen MR) is 68.5 cm³/mol. The van der Waals surface area contributed by atoms with Crippen LogP contribution in [0.4, 0.5) is 5.69 Å². The molecule has 0 aliphatic carbocycles. The van der Waals surface area contributed by atoms with Gasteiger partial charge in [-0.05, 0) is 12.5 Å². The first-order valence-electron chi connectivity index (χ1n) is 5.62. The van der Waals surface area contributed by atoms with Crippen molar-refractivity contribution in [3.8, 4) is 0 Å². The van der Waals surface area contributed by atoms with Gasteiger partial charge in [0.1, 0.15) is 4.90 Å². The number of anilines is 1. The molecule has 1 N–H and O–H groups in total. The molecule has 0 aromatic carbocycles. The minimum atomic E-state index is -3.45. The Hall–Kier alpha value is -1.14. The molecule has 0 spiro atoms. The molecule has 0 unspecified atom stereocenters. The maximum Gasteiger partial charge on any atom is 0.246 e. The zero-order valence-corrected chi connectivity index (χ0v) is 11.3. The van der Waals surface area contributed by atoms with Crippen LogP contribution in [0.1, 0.15) is 19.8 Å². The monoisotopic (exact) mass is 257 g/mol. The lowest BCUT2D eigenvalue weighted by Gasteiger charge is -2.18. The van der Waals surface area contributed by atoms with Crippen LogP contribution in [0, 0.1) is 0 Å². The van der Waals surface area contributed by atoms with Gasteiger partial charge in [0.25, 0.3) is 0 Å². The lowest BCUT2D eigenvalue weighted by Crippen LogP contribution is -2.28. The Balaban J connectivity index is 3.04. The summed E-state index contributed by atoms with van der Waals surface area (Å²) in [7, 11) is -0.156. The van der Waals surface area contributed by atoms with Crippen LogP contribution < -0.4 is 5.32 Å². The fourth-order valence-electron chi connectivity index (χ4n) is 1.46. The lowest BCUT2D eigenvalue weighted by atomic mass is 10.3. The van der Waals surface area contributed by atoms with Gasteiger partial charge in [0, 0.05) is 33.0 Å². The van der Waals surface area contributed by atoms with Gasteiger partial charge in [-0.15, -0.1) is 0 Å². The van der Waals surface area contributed by atoms with E-state index < -0.39 is 10.0 Å². The Morgan fingerprint density at radius 2 is 2.18 bits per heavy atom. The number of nitrogens with one attached hydrogen (secondary N) is 1. The molecule has 6 heteroatoms. The third-order valence-corrected chi connectivity index (χ3v) is 4.45. The van der Waals surface area contributed by atoms with E-state index in [-0.39, 0.29) is 4.90 Å². The number of hydrogen-bond acceptors (Lipinski definition) is 4. The van der Waals surface area contributed by atoms with Crippen molar-refractivity contribution in [3.63, 3.8) is 0 Å². The average Bonchev–Trinajstić information content (AvgIpc) is 2.35. The van der Waals surface area contributed by atoms with E-state index in [4.69, 9.17) is 0 Å². The summed E-state index contributed by atoms with van der Waals surface area (Å²) < 4.78 is 25.9. The highest BCUT2D eigenvalue weighted by atomic mass is 32.2. The van der Waals surface area contributed by atoms with Crippen LogP contribution in [0.2, 0.25) is 0 Å². The molecule has 0 bridgehead atoms. The quantitative estimate of drug-likeness (QED) is 0.839. The zero-order valence-electron chi connectivity index (χ0n) is 10.5. The summed E-state index contributed by atoms with van der Waals surface area (Å²) in [6, 6.07) is 1.65. The molecule has 0 aliphatic rings. The molecule has 0 aliphatic heterocycles. The van der Waals surface area contributed by atoms with Crippen LogP contribution >= 0.6 is 0 Å². The second-order valence-corrected chi connectivity index (χ2v) is 5.82. The van der Waals surface area contributed by atoms with Gasteiger partial charge in [-0.25, -0.2) is 12.7 Å². The Labute approximate surface area is 103 Å². The fourth-order valence-corrected chi connectivity index (χ4v) is 2.81. The summed E-state index contributed by atoms with van der Waals surface area (Å²) in [6.45, 7) is 2.56. The van der Waals surface area contributed by atoms with E-state index in [0.717, 1.165) is 12.8 Å². The summed E-state index contributed by atoms with van der Waals surface area (Å²) in [5.41, 5.74) is 0.573. The minimum Gasteiger partial charge on any atom is -0.387 e. The maximum atomic E-state index is 12.3. The number of nitrogens with zero attached hydrogens (tertiary/aromatic N) is 2. The van der Waals surface area contributed by atoms with E-state index >= 15 is 0 Å². The summed E-state index contributed by atoms with van der Waals surface area (Å²) in [6.07, 6.45) is 4.76. The van der Waals surface area contributed by atoms with Gasteiger partial charge in [-0.1, -0.05) is 13.3 Å². The highest BCUT2D eigenvalue weighted by molar-refractivity contribution is 7.89. The number of rotatable bonds is 6. The number of aromatic nitrogens is 1. The lowest BCUT2D eigenvalue weighted by molar-refractivity contribution is 0.459. The molecule has 0 saturated heterocycles. The zero-order chi connectivity index (χ0) is 12.9. The van der Waals surface area contributed by atoms with Crippen molar-refractivity contribution in [2.45, 2.75) is 24.7 Å².